The maximum Gasteiger partial charge on any atom is 4.00 e. The van der Waals surface area contributed by atoms with Crippen molar-refractivity contribution >= 4 is 24.0 Å². The summed E-state index contributed by atoms with van der Waals surface area (Å²) >= 11 is 0. The van der Waals surface area contributed by atoms with Crippen molar-refractivity contribution in [1.82, 2.24) is 0 Å². The van der Waals surface area contributed by atoms with E-state index >= 15 is 0 Å². The van der Waals surface area contributed by atoms with Crippen molar-refractivity contribution in [3.63, 3.8) is 0 Å². The molecule has 3 rings (SSSR count). The van der Waals surface area contributed by atoms with Crippen LogP contribution in [-0.4, -0.2) is 12.3 Å². The van der Waals surface area contributed by atoms with Gasteiger partial charge in [0.15, 0.2) is 0 Å². The van der Waals surface area contributed by atoms with E-state index in [9.17, 15) is 0 Å². The van der Waals surface area contributed by atoms with Gasteiger partial charge in [-0.1, -0.05) is 75.3 Å². The van der Waals surface area contributed by atoms with Crippen LogP contribution in [0.3, 0.4) is 0 Å². The summed E-state index contributed by atoms with van der Waals surface area (Å²) in [5.41, 5.74) is 7.34. The minimum Gasteiger partial charge on any atom is -1.00 e. The van der Waals surface area contributed by atoms with Gasteiger partial charge >= 0.3 is 26.2 Å². The molecule has 0 N–H and O–H groups in total. The molecule has 0 aliphatic heterocycles. The normalized spacial score (nSPS) is 9.93. The van der Waals surface area contributed by atoms with Gasteiger partial charge in [-0.2, -0.15) is 33.9 Å². The Morgan fingerprint density at radius 2 is 1.34 bits per heavy atom. The fourth-order valence-electron chi connectivity index (χ4n) is 3.63. The summed E-state index contributed by atoms with van der Waals surface area (Å²) < 4.78 is 0. The van der Waals surface area contributed by atoms with Crippen LogP contribution in [0.15, 0.2) is 36.4 Å². The number of benzene rings is 1. The molecule has 0 aromatic heterocycles. The Labute approximate surface area is 211 Å². The molecule has 3 aromatic carbocycles. The van der Waals surface area contributed by atoms with Crippen molar-refractivity contribution in [2.24, 2.45) is 0 Å². The topological polar surface area (TPSA) is 0 Å². The fraction of sp³-hybridized carbons (Fsp3) is 0.440. The molecule has 0 heterocycles. The Morgan fingerprint density at radius 3 is 1.72 bits per heavy atom. The quantitative estimate of drug-likeness (QED) is 0.348. The van der Waals surface area contributed by atoms with Gasteiger partial charge in [-0.25, -0.2) is 0 Å². The molecule has 0 spiro atoms. The monoisotopic (exact) mass is 526 g/mol. The average molecular weight is 529 g/mol. The third-order valence-electron chi connectivity index (χ3n) is 5.77. The van der Waals surface area contributed by atoms with E-state index < -0.39 is 0 Å². The van der Waals surface area contributed by atoms with Crippen LogP contribution in [0.25, 0.3) is 10.8 Å². The SMILES string of the molecule is CCCP(CCC)c1cc2ccccc2[cH-]1.Cc1c(C)c(C)[c-](C)c1C.[Cl-].[Cl-].[Zr+4]. The number of fused-ring (bicyclic) bond motifs is 1. The Bertz CT molecular complexity index is 729. The van der Waals surface area contributed by atoms with E-state index in [1.807, 2.05) is 0 Å². The molecule has 0 radical (unpaired) electrons. The first kappa shape index (κ1) is 31.3. The van der Waals surface area contributed by atoms with Crippen LogP contribution in [0, 0.1) is 34.6 Å². The number of hydrogen-bond acceptors (Lipinski definition) is 0. The molecule has 0 saturated carbocycles. The molecule has 158 valence electrons. The Balaban J connectivity index is 0. The summed E-state index contributed by atoms with van der Waals surface area (Å²) in [5, 5.41) is 4.44. The van der Waals surface area contributed by atoms with Crippen LogP contribution in [-0.2, 0) is 26.2 Å². The summed E-state index contributed by atoms with van der Waals surface area (Å²) in [4.78, 5) is 0. The van der Waals surface area contributed by atoms with Crippen LogP contribution < -0.4 is 30.1 Å². The van der Waals surface area contributed by atoms with Gasteiger partial charge in [0.2, 0.25) is 0 Å². The molecule has 0 aliphatic carbocycles. The minimum atomic E-state index is 0. The first-order chi connectivity index (χ1) is 12.4. The van der Waals surface area contributed by atoms with Gasteiger partial charge in [-0.3, -0.25) is 0 Å². The van der Waals surface area contributed by atoms with Crippen molar-refractivity contribution in [2.75, 3.05) is 12.3 Å². The van der Waals surface area contributed by atoms with E-state index in [1.54, 1.807) is 5.30 Å². The molecule has 0 fully saturated rings. The smallest absolute Gasteiger partial charge is 1.00 e. The van der Waals surface area contributed by atoms with E-state index in [0.29, 0.717) is 0 Å². The zero-order chi connectivity index (χ0) is 19.3. The van der Waals surface area contributed by atoms with Gasteiger partial charge in [0.25, 0.3) is 0 Å². The maximum atomic E-state index is 2.41. The Hall–Kier alpha value is 0.0731. The van der Waals surface area contributed by atoms with E-state index in [4.69, 9.17) is 0 Å². The third-order valence-corrected chi connectivity index (χ3v) is 8.73. The molecule has 4 heteroatoms. The minimum absolute atomic E-state index is 0. The van der Waals surface area contributed by atoms with E-state index in [-0.39, 0.29) is 58.9 Å². The van der Waals surface area contributed by atoms with Crippen LogP contribution in [0.5, 0.6) is 0 Å². The predicted molar refractivity (Wildman–Crippen MR) is 122 cm³/mol. The molecule has 0 atom stereocenters. The molecule has 29 heavy (non-hydrogen) atoms. The van der Waals surface area contributed by atoms with Crippen molar-refractivity contribution in [1.29, 1.82) is 0 Å². The van der Waals surface area contributed by atoms with Crippen molar-refractivity contribution in [2.45, 2.75) is 61.3 Å². The van der Waals surface area contributed by atoms with E-state index in [2.05, 4.69) is 84.9 Å². The molecule has 0 saturated heterocycles. The third kappa shape index (κ3) is 7.92. The van der Waals surface area contributed by atoms with Crippen LogP contribution in [0.4, 0.5) is 0 Å². The Kier molecular flexibility index (Phi) is 16.1. The fourth-order valence-corrected chi connectivity index (χ4v) is 6.10. The number of rotatable bonds is 5. The van der Waals surface area contributed by atoms with Crippen molar-refractivity contribution in [3.05, 3.63) is 64.2 Å². The maximum absolute atomic E-state index is 2.41. The Morgan fingerprint density at radius 1 is 0.862 bits per heavy atom. The van der Waals surface area contributed by atoms with Crippen LogP contribution in [0.1, 0.15) is 54.5 Å². The van der Waals surface area contributed by atoms with Gasteiger partial charge in [0.1, 0.15) is 0 Å². The van der Waals surface area contributed by atoms with Crippen molar-refractivity contribution < 1.29 is 51.0 Å². The summed E-state index contributed by atoms with van der Waals surface area (Å²) in [6.45, 7) is 15.6. The second kappa shape index (κ2) is 15.0. The molecule has 0 aliphatic rings. The summed E-state index contributed by atoms with van der Waals surface area (Å²) in [5.74, 6) is 0. The number of halogens is 2. The molecule has 0 amide bonds. The summed E-state index contributed by atoms with van der Waals surface area (Å²) in [7, 11) is 0.0972. The molecular formula is C25H35Cl2PZr. The van der Waals surface area contributed by atoms with E-state index in [1.165, 1.54) is 63.8 Å². The molecule has 0 bridgehead atoms. The second-order valence-electron chi connectivity index (χ2n) is 7.45. The largest absolute Gasteiger partial charge is 4.00 e. The van der Waals surface area contributed by atoms with Gasteiger partial charge in [0, 0.05) is 0 Å². The predicted octanol–water partition coefficient (Wildman–Crippen LogP) is 1.44. The van der Waals surface area contributed by atoms with Crippen molar-refractivity contribution in [3.8, 4) is 0 Å². The van der Waals surface area contributed by atoms with Gasteiger partial charge in [-0.05, 0) is 12.3 Å². The first-order valence-corrected chi connectivity index (χ1v) is 11.7. The molecule has 0 unspecified atom stereocenters. The molecule has 0 nitrogen and oxygen atoms in total. The average Bonchev–Trinajstić information content (AvgIpc) is 3.15. The zero-order valence-electron chi connectivity index (χ0n) is 19.0. The van der Waals surface area contributed by atoms with Gasteiger partial charge in [-0.15, -0.1) is 40.3 Å². The number of hydrogen-bond donors (Lipinski definition) is 0. The van der Waals surface area contributed by atoms with Crippen LogP contribution in [0.2, 0.25) is 0 Å². The standard InChI is InChI=1S/C15H20P.C10H15.2ClH.Zr/c1-3-9-16(10-4-2)15-11-13-7-5-6-8-14(13)12-15;1-6-7(2)9(4)10(5)8(6)3;;;/h5-8,11-12H,3-4,9-10H2,1-2H3;1-5H3;2*1H;/q2*-1;;;+4/p-2. The zero-order valence-corrected chi connectivity index (χ0v) is 23.9. The summed E-state index contributed by atoms with van der Waals surface area (Å²) in [6, 6.07) is 13.5. The second-order valence-corrected chi connectivity index (χ2v) is 9.95. The summed E-state index contributed by atoms with van der Waals surface area (Å²) in [6.07, 6.45) is 5.40. The molecule has 3 aromatic rings. The van der Waals surface area contributed by atoms with Gasteiger partial charge < -0.3 is 24.8 Å². The molecular weight excluding hydrogens is 493 g/mol. The first-order valence-electron chi connectivity index (χ1n) is 10.0. The van der Waals surface area contributed by atoms with Crippen LogP contribution >= 0.6 is 7.92 Å². The van der Waals surface area contributed by atoms with Gasteiger partial charge in [0.05, 0.1) is 0 Å². The van der Waals surface area contributed by atoms with E-state index in [0.717, 1.165) is 0 Å².